The van der Waals surface area contributed by atoms with Gasteiger partial charge in [-0.1, -0.05) is 74.7 Å². The van der Waals surface area contributed by atoms with E-state index in [-0.39, 0.29) is 0 Å². The third-order valence-electron chi connectivity index (χ3n) is 5.24. The minimum Gasteiger partial charge on any atom is -0.0623 e. The molecule has 1 saturated carbocycles. The third kappa shape index (κ3) is 1.72. The summed E-state index contributed by atoms with van der Waals surface area (Å²) in [6.07, 6.45) is 7.13. The second kappa shape index (κ2) is 4.59. The molecule has 4 rings (SSSR count). The van der Waals surface area contributed by atoms with E-state index < -0.39 is 8.80 Å². The molecule has 0 aromatic heterocycles. The summed E-state index contributed by atoms with van der Waals surface area (Å²) >= 11 is 0. The van der Waals surface area contributed by atoms with Crippen LogP contribution in [0, 0.1) is 0 Å². The summed E-state index contributed by atoms with van der Waals surface area (Å²) in [4.78, 5) is 0. The zero-order valence-corrected chi connectivity index (χ0v) is 13.2. The van der Waals surface area contributed by atoms with E-state index in [0.29, 0.717) is 5.04 Å². The number of hydrogen-bond acceptors (Lipinski definition) is 0. The molecule has 20 heavy (non-hydrogen) atoms. The van der Waals surface area contributed by atoms with Gasteiger partial charge in [-0.15, -0.1) is 0 Å². The average molecular weight is 277 g/mol. The summed E-state index contributed by atoms with van der Waals surface area (Å²) in [5, 5.41) is 3.89. The van der Waals surface area contributed by atoms with Crippen molar-refractivity contribution in [3.63, 3.8) is 0 Å². The van der Waals surface area contributed by atoms with Gasteiger partial charge in [-0.25, -0.2) is 0 Å². The van der Waals surface area contributed by atoms with Crippen molar-refractivity contribution in [3.05, 3.63) is 48.5 Å². The molecule has 2 aromatic rings. The summed E-state index contributed by atoms with van der Waals surface area (Å²) < 4.78 is 0. The molecule has 0 saturated heterocycles. The molecular formula is C19H21Si. The van der Waals surface area contributed by atoms with Crippen LogP contribution in [-0.2, 0) is 0 Å². The molecule has 0 amide bonds. The van der Waals surface area contributed by atoms with Gasteiger partial charge < -0.3 is 0 Å². The topological polar surface area (TPSA) is 0 Å². The fourth-order valence-corrected chi connectivity index (χ4v) is 8.19. The van der Waals surface area contributed by atoms with Crippen molar-refractivity contribution < 1.29 is 0 Å². The minimum absolute atomic E-state index is 0.547. The quantitative estimate of drug-likeness (QED) is 0.691. The van der Waals surface area contributed by atoms with Gasteiger partial charge >= 0.3 is 0 Å². The predicted molar refractivity (Wildman–Crippen MR) is 88.4 cm³/mol. The van der Waals surface area contributed by atoms with Crippen LogP contribution < -0.4 is 10.4 Å². The first-order chi connectivity index (χ1) is 9.80. The molecule has 2 aromatic carbocycles. The molecule has 1 aliphatic carbocycles. The highest BCUT2D eigenvalue weighted by Gasteiger charge is 2.43. The molecule has 0 atom stereocenters. The summed E-state index contributed by atoms with van der Waals surface area (Å²) in [5.74, 6) is 0. The molecule has 2 aliphatic rings. The van der Waals surface area contributed by atoms with Gasteiger partial charge in [0.25, 0.3) is 0 Å². The maximum absolute atomic E-state index is 2.57. The zero-order chi connectivity index (χ0) is 13.6. The van der Waals surface area contributed by atoms with E-state index in [1.807, 2.05) is 0 Å². The first-order valence-electron chi connectivity index (χ1n) is 7.86. The Bertz CT molecular complexity index is 592. The predicted octanol–water partition coefficient (Wildman–Crippen LogP) is 4.00. The lowest BCUT2D eigenvalue weighted by molar-refractivity contribution is 0.398. The van der Waals surface area contributed by atoms with Crippen LogP contribution in [-0.4, -0.2) is 8.80 Å². The maximum atomic E-state index is 2.57. The normalized spacial score (nSPS) is 20.4. The molecule has 1 aliphatic heterocycles. The van der Waals surface area contributed by atoms with Crippen molar-refractivity contribution in [1.82, 2.24) is 0 Å². The van der Waals surface area contributed by atoms with Crippen LogP contribution in [0.5, 0.6) is 0 Å². The summed E-state index contributed by atoms with van der Waals surface area (Å²) in [7, 11) is -0.625. The fourth-order valence-electron chi connectivity index (χ4n) is 4.25. The Hall–Kier alpha value is -1.34. The molecule has 0 spiro atoms. The van der Waals surface area contributed by atoms with Crippen molar-refractivity contribution in [2.75, 3.05) is 0 Å². The molecule has 1 heterocycles. The first kappa shape index (κ1) is 12.4. The Balaban J connectivity index is 1.91. The summed E-state index contributed by atoms with van der Waals surface area (Å²) in [6.45, 7) is 2.57. The van der Waals surface area contributed by atoms with Crippen LogP contribution in [0.4, 0.5) is 0 Å². The molecule has 0 unspecified atom stereocenters. The molecule has 0 nitrogen and oxygen atoms in total. The largest absolute Gasteiger partial charge is 0.129 e. The Morgan fingerprint density at radius 1 is 0.750 bits per heavy atom. The zero-order valence-electron chi connectivity index (χ0n) is 12.2. The van der Waals surface area contributed by atoms with Crippen LogP contribution in [0.2, 0.25) is 5.04 Å². The van der Waals surface area contributed by atoms with Gasteiger partial charge in [0.1, 0.15) is 8.80 Å². The van der Waals surface area contributed by atoms with E-state index in [4.69, 9.17) is 0 Å². The van der Waals surface area contributed by atoms with Crippen LogP contribution >= 0.6 is 0 Å². The van der Waals surface area contributed by atoms with Gasteiger partial charge in [-0.05, 0) is 39.4 Å². The summed E-state index contributed by atoms with van der Waals surface area (Å²) in [6, 6.07) is 18.3. The maximum Gasteiger partial charge on any atom is 0.129 e. The van der Waals surface area contributed by atoms with Gasteiger partial charge in [0.05, 0.1) is 0 Å². The second-order valence-electron chi connectivity index (χ2n) is 6.59. The van der Waals surface area contributed by atoms with Crippen LogP contribution in [0.15, 0.2) is 48.5 Å². The number of rotatable bonds is 1. The Morgan fingerprint density at radius 3 is 1.80 bits per heavy atom. The van der Waals surface area contributed by atoms with Crippen molar-refractivity contribution in [3.8, 4) is 11.1 Å². The van der Waals surface area contributed by atoms with Gasteiger partial charge in [-0.2, -0.15) is 0 Å². The SMILES string of the molecule is CC1([Si]2c3ccccc3-c3ccccc32)CCCCC1. The van der Waals surface area contributed by atoms with Crippen LogP contribution in [0.25, 0.3) is 11.1 Å². The van der Waals surface area contributed by atoms with Crippen LogP contribution in [0.3, 0.4) is 0 Å². The van der Waals surface area contributed by atoms with Crippen molar-refractivity contribution in [2.24, 2.45) is 0 Å². The molecule has 0 N–H and O–H groups in total. The first-order valence-corrected chi connectivity index (χ1v) is 9.36. The lowest BCUT2D eigenvalue weighted by atomic mass is 9.90. The van der Waals surface area contributed by atoms with Gasteiger partial charge in [0.2, 0.25) is 0 Å². The fraction of sp³-hybridized carbons (Fsp3) is 0.368. The average Bonchev–Trinajstić information content (AvgIpc) is 2.83. The molecule has 1 radical (unpaired) electrons. The van der Waals surface area contributed by atoms with Crippen LogP contribution in [0.1, 0.15) is 39.0 Å². The Labute approximate surface area is 123 Å². The van der Waals surface area contributed by atoms with E-state index in [1.165, 1.54) is 43.2 Å². The van der Waals surface area contributed by atoms with Crippen molar-refractivity contribution >= 4 is 19.2 Å². The van der Waals surface area contributed by atoms with E-state index in [0.717, 1.165) is 0 Å². The minimum atomic E-state index is -0.625. The van der Waals surface area contributed by atoms with Crippen molar-refractivity contribution in [2.45, 2.75) is 44.1 Å². The molecule has 1 fully saturated rings. The highest BCUT2D eigenvalue weighted by Crippen LogP contribution is 2.47. The van der Waals surface area contributed by atoms with Gasteiger partial charge in [0, 0.05) is 0 Å². The smallest absolute Gasteiger partial charge is 0.0623 e. The molecule has 101 valence electrons. The van der Waals surface area contributed by atoms with Crippen molar-refractivity contribution in [1.29, 1.82) is 0 Å². The highest BCUT2D eigenvalue weighted by molar-refractivity contribution is 6.91. The molecular weight excluding hydrogens is 256 g/mol. The monoisotopic (exact) mass is 277 g/mol. The molecule has 0 bridgehead atoms. The third-order valence-corrected chi connectivity index (χ3v) is 8.90. The molecule has 1 heteroatoms. The standard InChI is InChI=1S/C19H21Si/c1-19(13-7-2-8-14-19)20-17-11-5-3-9-15(17)16-10-4-6-12-18(16)20/h3-6,9-12H,2,7-8,13-14H2,1H3. The van der Waals surface area contributed by atoms with E-state index in [1.54, 1.807) is 10.4 Å². The van der Waals surface area contributed by atoms with E-state index in [9.17, 15) is 0 Å². The number of hydrogen-bond donors (Lipinski definition) is 0. The van der Waals surface area contributed by atoms with E-state index >= 15 is 0 Å². The van der Waals surface area contributed by atoms with Gasteiger partial charge in [-0.3, -0.25) is 0 Å². The number of fused-ring (bicyclic) bond motifs is 3. The number of benzene rings is 2. The van der Waals surface area contributed by atoms with E-state index in [2.05, 4.69) is 55.5 Å². The Morgan fingerprint density at radius 2 is 1.25 bits per heavy atom. The summed E-state index contributed by atoms with van der Waals surface area (Å²) in [5.41, 5.74) is 3.03. The lowest BCUT2D eigenvalue weighted by Gasteiger charge is -2.38. The Kier molecular flexibility index (Phi) is 2.85. The highest BCUT2D eigenvalue weighted by atomic mass is 28.3. The lowest BCUT2D eigenvalue weighted by Crippen LogP contribution is -2.48. The van der Waals surface area contributed by atoms with Gasteiger partial charge in [0.15, 0.2) is 0 Å². The second-order valence-corrected chi connectivity index (χ2v) is 9.62.